The van der Waals surface area contributed by atoms with Crippen molar-refractivity contribution in [1.82, 2.24) is 4.90 Å². The van der Waals surface area contributed by atoms with Crippen molar-refractivity contribution in [2.45, 2.75) is 32.2 Å². The highest BCUT2D eigenvalue weighted by molar-refractivity contribution is 7.98. The van der Waals surface area contributed by atoms with E-state index in [0.29, 0.717) is 6.04 Å². The molecule has 0 aromatic heterocycles. The molecule has 2 unspecified atom stereocenters. The normalized spacial score (nSPS) is 29.4. The van der Waals surface area contributed by atoms with Crippen LogP contribution in [-0.2, 0) is 0 Å². The van der Waals surface area contributed by atoms with Crippen LogP contribution in [0, 0.1) is 5.92 Å². The Hall–Kier alpha value is 0.270. The number of piperidine rings is 1. The van der Waals surface area contributed by atoms with Crippen molar-refractivity contribution in [3.63, 3.8) is 0 Å². The van der Waals surface area contributed by atoms with Crippen LogP contribution in [0.4, 0.5) is 0 Å². The van der Waals surface area contributed by atoms with Gasteiger partial charge in [0.2, 0.25) is 0 Å². The quantitative estimate of drug-likeness (QED) is 0.711. The van der Waals surface area contributed by atoms with Crippen LogP contribution < -0.4 is 5.73 Å². The lowest BCUT2D eigenvalue weighted by Gasteiger charge is -2.37. The number of likely N-dealkylation sites (tertiary alicyclic amines) is 1. The highest BCUT2D eigenvalue weighted by Crippen LogP contribution is 2.21. The maximum absolute atomic E-state index is 5.81. The van der Waals surface area contributed by atoms with Gasteiger partial charge in [-0.05, 0) is 50.3 Å². The van der Waals surface area contributed by atoms with Crippen LogP contribution in [0.25, 0.3) is 0 Å². The first-order chi connectivity index (χ1) is 6.77. The van der Waals surface area contributed by atoms with Gasteiger partial charge in [0.25, 0.3) is 0 Å². The molecular formula is C11H24N2S. The summed E-state index contributed by atoms with van der Waals surface area (Å²) in [5, 5.41) is 0. The molecule has 3 heteroatoms. The summed E-state index contributed by atoms with van der Waals surface area (Å²) in [6.07, 6.45) is 6.15. The highest BCUT2D eigenvalue weighted by atomic mass is 32.2. The van der Waals surface area contributed by atoms with Gasteiger partial charge in [-0.1, -0.05) is 6.92 Å². The molecule has 1 aliphatic heterocycles. The third kappa shape index (κ3) is 3.79. The second kappa shape index (κ2) is 6.70. The molecule has 1 fully saturated rings. The third-order valence-electron chi connectivity index (χ3n) is 3.17. The fraction of sp³-hybridized carbons (Fsp3) is 1.00. The van der Waals surface area contributed by atoms with E-state index >= 15 is 0 Å². The first kappa shape index (κ1) is 12.3. The van der Waals surface area contributed by atoms with Gasteiger partial charge in [-0.25, -0.2) is 0 Å². The van der Waals surface area contributed by atoms with Gasteiger partial charge in [0, 0.05) is 12.6 Å². The molecular weight excluding hydrogens is 192 g/mol. The summed E-state index contributed by atoms with van der Waals surface area (Å²) < 4.78 is 0. The first-order valence-electron chi connectivity index (χ1n) is 5.71. The van der Waals surface area contributed by atoms with E-state index in [4.69, 9.17) is 5.73 Å². The Bertz CT molecular complexity index is 152. The minimum Gasteiger partial charge on any atom is -0.329 e. The Morgan fingerprint density at radius 3 is 2.93 bits per heavy atom. The maximum atomic E-state index is 5.81. The molecule has 0 bridgehead atoms. The molecule has 0 aliphatic carbocycles. The van der Waals surface area contributed by atoms with Crippen molar-refractivity contribution in [1.29, 1.82) is 0 Å². The second-order valence-corrected chi connectivity index (χ2v) is 5.39. The summed E-state index contributed by atoms with van der Waals surface area (Å²) in [6.45, 7) is 5.69. The van der Waals surface area contributed by atoms with E-state index in [0.717, 1.165) is 12.5 Å². The van der Waals surface area contributed by atoms with Gasteiger partial charge in [-0.3, -0.25) is 4.90 Å². The Labute approximate surface area is 92.6 Å². The molecule has 2 atom stereocenters. The molecule has 2 nitrogen and oxygen atoms in total. The van der Waals surface area contributed by atoms with Crippen LogP contribution in [0.3, 0.4) is 0 Å². The van der Waals surface area contributed by atoms with Crippen LogP contribution in [0.15, 0.2) is 0 Å². The Balaban J connectivity index is 2.27. The second-order valence-electron chi connectivity index (χ2n) is 4.40. The molecule has 1 heterocycles. The molecule has 84 valence electrons. The molecule has 1 rings (SSSR count). The van der Waals surface area contributed by atoms with Crippen LogP contribution in [0.5, 0.6) is 0 Å². The molecule has 0 radical (unpaired) electrons. The van der Waals surface area contributed by atoms with Gasteiger partial charge < -0.3 is 5.73 Å². The van der Waals surface area contributed by atoms with Crippen molar-refractivity contribution in [3.8, 4) is 0 Å². The Morgan fingerprint density at radius 2 is 2.29 bits per heavy atom. The first-order valence-corrected chi connectivity index (χ1v) is 7.10. The summed E-state index contributed by atoms with van der Waals surface area (Å²) in [4.78, 5) is 2.59. The molecule has 1 aliphatic rings. The molecule has 14 heavy (non-hydrogen) atoms. The van der Waals surface area contributed by atoms with Gasteiger partial charge in [-0.2, -0.15) is 11.8 Å². The smallest absolute Gasteiger partial charge is 0.0220 e. The largest absolute Gasteiger partial charge is 0.329 e. The van der Waals surface area contributed by atoms with E-state index in [1.54, 1.807) is 0 Å². The summed E-state index contributed by atoms with van der Waals surface area (Å²) >= 11 is 1.94. The predicted molar refractivity (Wildman–Crippen MR) is 65.8 cm³/mol. The number of thioether (sulfide) groups is 1. The third-order valence-corrected chi connectivity index (χ3v) is 3.86. The summed E-state index contributed by atoms with van der Waals surface area (Å²) in [7, 11) is 0. The Morgan fingerprint density at radius 1 is 1.50 bits per heavy atom. The summed E-state index contributed by atoms with van der Waals surface area (Å²) in [5.74, 6) is 2.16. The fourth-order valence-electron chi connectivity index (χ4n) is 2.25. The highest BCUT2D eigenvalue weighted by Gasteiger charge is 2.24. The fourth-order valence-corrected chi connectivity index (χ4v) is 2.67. The molecule has 0 amide bonds. The molecule has 2 N–H and O–H groups in total. The SMILES string of the molecule is CSCCCN1CCC(C)CC1CN. The molecule has 0 aromatic carbocycles. The predicted octanol–water partition coefficient (Wildman–Crippen LogP) is 1.80. The van der Waals surface area contributed by atoms with Gasteiger partial charge in [-0.15, -0.1) is 0 Å². The topological polar surface area (TPSA) is 29.3 Å². The lowest BCUT2D eigenvalue weighted by molar-refractivity contribution is 0.123. The van der Waals surface area contributed by atoms with E-state index in [9.17, 15) is 0 Å². The van der Waals surface area contributed by atoms with Gasteiger partial charge >= 0.3 is 0 Å². The van der Waals surface area contributed by atoms with Crippen molar-refractivity contribution >= 4 is 11.8 Å². The molecule has 0 saturated carbocycles. The number of hydrogen-bond donors (Lipinski definition) is 1. The maximum Gasteiger partial charge on any atom is 0.0220 e. The zero-order valence-corrected chi connectivity index (χ0v) is 10.4. The van der Waals surface area contributed by atoms with Crippen molar-refractivity contribution < 1.29 is 0 Å². The van der Waals surface area contributed by atoms with E-state index in [-0.39, 0.29) is 0 Å². The molecule has 0 aromatic rings. The van der Waals surface area contributed by atoms with Gasteiger partial charge in [0.15, 0.2) is 0 Å². The molecule has 0 spiro atoms. The monoisotopic (exact) mass is 216 g/mol. The summed E-state index contributed by atoms with van der Waals surface area (Å²) in [5.41, 5.74) is 5.81. The molecule has 1 saturated heterocycles. The minimum atomic E-state index is 0.653. The summed E-state index contributed by atoms with van der Waals surface area (Å²) in [6, 6.07) is 0.653. The van der Waals surface area contributed by atoms with Crippen LogP contribution >= 0.6 is 11.8 Å². The number of hydrogen-bond acceptors (Lipinski definition) is 3. The van der Waals surface area contributed by atoms with Crippen molar-refractivity contribution in [3.05, 3.63) is 0 Å². The van der Waals surface area contributed by atoms with Crippen molar-refractivity contribution in [2.75, 3.05) is 31.6 Å². The van der Waals surface area contributed by atoms with E-state index < -0.39 is 0 Å². The van der Waals surface area contributed by atoms with E-state index in [1.807, 2.05) is 11.8 Å². The van der Waals surface area contributed by atoms with Crippen LogP contribution in [-0.4, -0.2) is 42.6 Å². The number of nitrogens with two attached hydrogens (primary N) is 1. The zero-order chi connectivity index (χ0) is 10.4. The van der Waals surface area contributed by atoms with E-state index in [1.165, 1.54) is 38.1 Å². The Kier molecular flexibility index (Phi) is 5.90. The van der Waals surface area contributed by atoms with E-state index in [2.05, 4.69) is 18.1 Å². The standard InChI is InChI=1S/C11H24N2S/c1-10-4-6-13(5-3-7-14-2)11(8-10)9-12/h10-11H,3-9,12H2,1-2H3. The average Bonchev–Trinajstić information content (AvgIpc) is 2.20. The number of nitrogens with zero attached hydrogens (tertiary/aromatic N) is 1. The van der Waals surface area contributed by atoms with Gasteiger partial charge in [0.1, 0.15) is 0 Å². The van der Waals surface area contributed by atoms with Crippen molar-refractivity contribution in [2.24, 2.45) is 11.7 Å². The number of rotatable bonds is 5. The van der Waals surface area contributed by atoms with Crippen LogP contribution in [0.2, 0.25) is 0 Å². The average molecular weight is 216 g/mol. The van der Waals surface area contributed by atoms with Gasteiger partial charge in [0.05, 0.1) is 0 Å². The lowest BCUT2D eigenvalue weighted by Crippen LogP contribution is -2.46. The minimum absolute atomic E-state index is 0.653. The lowest BCUT2D eigenvalue weighted by atomic mass is 9.92. The van der Waals surface area contributed by atoms with Crippen LogP contribution in [0.1, 0.15) is 26.2 Å². The zero-order valence-electron chi connectivity index (χ0n) is 9.54.